The van der Waals surface area contributed by atoms with E-state index in [-0.39, 0.29) is 0 Å². The Bertz CT molecular complexity index is 375. The fourth-order valence-corrected chi connectivity index (χ4v) is 1.55. The summed E-state index contributed by atoms with van der Waals surface area (Å²) in [7, 11) is 0. The van der Waals surface area contributed by atoms with Crippen molar-refractivity contribution < 1.29 is 0 Å². The van der Waals surface area contributed by atoms with E-state index in [9.17, 15) is 0 Å². The Labute approximate surface area is 83.7 Å². The number of hydrogen-bond donors (Lipinski definition) is 2. The highest BCUT2D eigenvalue weighted by atomic mass is 15.1. The summed E-state index contributed by atoms with van der Waals surface area (Å²) in [4.78, 5) is 0. The number of aryl methyl sites for hydroxylation is 1. The first-order chi connectivity index (χ1) is 6.81. The monoisotopic (exact) mass is 187 g/mol. The molecule has 2 rings (SSSR count). The zero-order valence-corrected chi connectivity index (χ0v) is 8.17. The van der Waals surface area contributed by atoms with E-state index in [0.717, 1.165) is 29.9 Å². The van der Waals surface area contributed by atoms with Gasteiger partial charge >= 0.3 is 0 Å². The molecule has 1 aliphatic rings. The van der Waals surface area contributed by atoms with Gasteiger partial charge in [-0.3, -0.25) is 0 Å². The van der Waals surface area contributed by atoms with Gasteiger partial charge in [0.1, 0.15) is 6.07 Å². The van der Waals surface area contributed by atoms with Crippen LogP contribution in [0.4, 0.5) is 5.69 Å². The Morgan fingerprint density at radius 2 is 2.29 bits per heavy atom. The molecule has 0 saturated carbocycles. The number of hydrogen-bond acceptors (Lipinski definition) is 3. The molecule has 1 heterocycles. The fraction of sp³-hybridized carbons (Fsp3) is 0.364. The standard InChI is InChI=1S/C11H13N3/c1-8-3-2-4-11(10(8)5-12)14-9-6-13-7-9/h2-4,9,13-14H,6-7H2,1H3. The Morgan fingerprint density at radius 1 is 1.50 bits per heavy atom. The smallest absolute Gasteiger partial charge is 0.102 e. The summed E-state index contributed by atoms with van der Waals surface area (Å²) in [5.41, 5.74) is 2.75. The van der Waals surface area contributed by atoms with Crippen LogP contribution < -0.4 is 10.6 Å². The Balaban J connectivity index is 2.23. The molecule has 1 aromatic rings. The van der Waals surface area contributed by atoms with E-state index in [1.165, 1.54) is 0 Å². The molecular formula is C11H13N3. The Hall–Kier alpha value is -1.53. The van der Waals surface area contributed by atoms with Gasteiger partial charge in [-0.2, -0.15) is 5.26 Å². The molecule has 1 saturated heterocycles. The van der Waals surface area contributed by atoms with Gasteiger partial charge in [0.25, 0.3) is 0 Å². The second kappa shape index (κ2) is 3.69. The normalized spacial score (nSPS) is 15.7. The highest BCUT2D eigenvalue weighted by Gasteiger charge is 2.17. The fourth-order valence-electron chi connectivity index (χ4n) is 1.55. The van der Waals surface area contributed by atoms with Crippen LogP contribution in [-0.4, -0.2) is 19.1 Å². The van der Waals surface area contributed by atoms with Crippen molar-refractivity contribution in [2.75, 3.05) is 18.4 Å². The van der Waals surface area contributed by atoms with Gasteiger partial charge in [-0.1, -0.05) is 12.1 Å². The van der Waals surface area contributed by atoms with Crippen LogP contribution in [0.1, 0.15) is 11.1 Å². The summed E-state index contributed by atoms with van der Waals surface area (Å²) in [6.07, 6.45) is 0. The molecule has 3 heteroatoms. The molecule has 2 N–H and O–H groups in total. The summed E-state index contributed by atoms with van der Waals surface area (Å²) in [5.74, 6) is 0. The summed E-state index contributed by atoms with van der Waals surface area (Å²) in [6, 6.07) is 8.61. The summed E-state index contributed by atoms with van der Waals surface area (Å²) >= 11 is 0. The minimum Gasteiger partial charge on any atom is -0.379 e. The van der Waals surface area contributed by atoms with E-state index in [1.54, 1.807) is 0 Å². The van der Waals surface area contributed by atoms with Gasteiger partial charge in [0, 0.05) is 13.1 Å². The molecule has 0 spiro atoms. The van der Waals surface area contributed by atoms with Gasteiger partial charge < -0.3 is 10.6 Å². The van der Waals surface area contributed by atoms with Crippen molar-refractivity contribution in [1.29, 1.82) is 5.26 Å². The molecule has 1 aromatic carbocycles. The third-order valence-electron chi connectivity index (χ3n) is 2.53. The molecule has 14 heavy (non-hydrogen) atoms. The lowest BCUT2D eigenvalue weighted by atomic mass is 10.1. The van der Waals surface area contributed by atoms with E-state index < -0.39 is 0 Å². The summed E-state index contributed by atoms with van der Waals surface area (Å²) in [5, 5.41) is 15.5. The number of benzene rings is 1. The van der Waals surface area contributed by atoms with Crippen molar-refractivity contribution in [1.82, 2.24) is 5.32 Å². The largest absolute Gasteiger partial charge is 0.379 e. The lowest BCUT2D eigenvalue weighted by Crippen LogP contribution is -2.51. The first kappa shape index (κ1) is 9.04. The molecule has 72 valence electrons. The van der Waals surface area contributed by atoms with Crippen LogP contribution in [0.2, 0.25) is 0 Å². The second-order valence-corrected chi connectivity index (χ2v) is 3.61. The lowest BCUT2D eigenvalue weighted by molar-refractivity contribution is 0.472. The second-order valence-electron chi connectivity index (χ2n) is 3.61. The first-order valence-corrected chi connectivity index (χ1v) is 4.78. The van der Waals surface area contributed by atoms with Crippen molar-refractivity contribution in [3.8, 4) is 6.07 Å². The van der Waals surface area contributed by atoms with Crippen molar-refractivity contribution >= 4 is 5.69 Å². The SMILES string of the molecule is Cc1cccc(NC2CNC2)c1C#N. The third kappa shape index (κ3) is 1.57. The van der Waals surface area contributed by atoms with Gasteiger partial charge in [-0.05, 0) is 18.6 Å². The minimum atomic E-state index is 0.476. The zero-order chi connectivity index (χ0) is 9.97. The third-order valence-corrected chi connectivity index (χ3v) is 2.53. The van der Waals surface area contributed by atoms with E-state index in [2.05, 4.69) is 16.7 Å². The Morgan fingerprint density at radius 3 is 2.86 bits per heavy atom. The highest BCUT2D eigenvalue weighted by molar-refractivity contribution is 5.61. The predicted molar refractivity (Wildman–Crippen MR) is 56.2 cm³/mol. The number of nitriles is 1. The van der Waals surface area contributed by atoms with Crippen LogP contribution in [0.3, 0.4) is 0 Å². The maximum Gasteiger partial charge on any atom is 0.102 e. The zero-order valence-electron chi connectivity index (χ0n) is 8.17. The van der Waals surface area contributed by atoms with Crippen molar-refractivity contribution in [2.45, 2.75) is 13.0 Å². The maximum atomic E-state index is 9.00. The Kier molecular flexibility index (Phi) is 2.38. The number of nitrogens with one attached hydrogen (secondary N) is 2. The van der Waals surface area contributed by atoms with E-state index >= 15 is 0 Å². The highest BCUT2D eigenvalue weighted by Crippen LogP contribution is 2.19. The number of rotatable bonds is 2. The molecule has 0 aromatic heterocycles. The van der Waals surface area contributed by atoms with Crippen LogP contribution in [0.15, 0.2) is 18.2 Å². The molecule has 0 atom stereocenters. The van der Waals surface area contributed by atoms with Gasteiger partial charge in [-0.15, -0.1) is 0 Å². The van der Waals surface area contributed by atoms with Gasteiger partial charge in [0.05, 0.1) is 17.3 Å². The van der Waals surface area contributed by atoms with Crippen molar-refractivity contribution in [3.63, 3.8) is 0 Å². The molecule has 0 radical (unpaired) electrons. The average molecular weight is 187 g/mol. The van der Waals surface area contributed by atoms with Crippen LogP contribution in [0.5, 0.6) is 0 Å². The van der Waals surface area contributed by atoms with Crippen molar-refractivity contribution in [3.05, 3.63) is 29.3 Å². The first-order valence-electron chi connectivity index (χ1n) is 4.78. The molecule has 0 amide bonds. The van der Waals surface area contributed by atoms with Crippen LogP contribution in [0.25, 0.3) is 0 Å². The van der Waals surface area contributed by atoms with Gasteiger partial charge in [0.15, 0.2) is 0 Å². The van der Waals surface area contributed by atoms with Crippen molar-refractivity contribution in [2.24, 2.45) is 0 Å². The van der Waals surface area contributed by atoms with Gasteiger partial charge in [0.2, 0.25) is 0 Å². The molecular weight excluding hydrogens is 174 g/mol. The molecule has 1 fully saturated rings. The van der Waals surface area contributed by atoms with Gasteiger partial charge in [-0.25, -0.2) is 0 Å². The minimum absolute atomic E-state index is 0.476. The lowest BCUT2D eigenvalue weighted by Gasteiger charge is -2.29. The van der Waals surface area contributed by atoms with E-state index in [1.807, 2.05) is 25.1 Å². The van der Waals surface area contributed by atoms with Crippen LogP contribution in [-0.2, 0) is 0 Å². The van der Waals surface area contributed by atoms with Crippen LogP contribution in [0, 0.1) is 18.3 Å². The predicted octanol–water partition coefficient (Wildman–Crippen LogP) is 1.25. The summed E-state index contributed by atoms with van der Waals surface area (Å²) < 4.78 is 0. The molecule has 0 aliphatic carbocycles. The number of anilines is 1. The van der Waals surface area contributed by atoms with E-state index in [0.29, 0.717) is 6.04 Å². The topological polar surface area (TPSA) is 47.8 Å². The maximum absolute atomic E-state index is 9.00. The average Bonchev–Trinajstić information content (AvgIpc) is 2.11. The number of nitrogens with zero attached hydrogens (tertiary/aromatic N) is 1. The van der Waals surface area contributed by atoms with E-state index in [4.69, 9.17) is 5.26 Å². The quantitative estimate of drug-likeness (QED) is 0.732. The van der Waals surface area contributed by atoms with Crippen LogP contribution >= 0.6 is 0 Å². The molecule has 1 aliphatic heterocycles. The molecule has 3 nitrogen and oxygen atoms in total. The molecule has 0 unspecified atom stereocenters. The summed E-state index contributed by atoms with van der Waals surface area (Å²) in [6.45, 7) is 3.93. The molecule has 0 bridgehead atoms.